The summed E-state index contributed by atoms with van der Waals surface area (Å²) >= 11 is 1.75. The topological polar surface area (TPSA) is 71.7 Å². The molecule has 26 heavy (non-hydrogen) atoms. The molecule has 1 atom stereocenters. The van der Waals surface area contributed by atoms with E-state index in [0.717, 1.165) is 68.8 Å². The summed E-state index contributed by atoms with van der Waals surface area (Å²) in [6.45, 7) is 6.17. The molecule has 3 rings (SSSR count). The van der Waals surface area contributed by atoms with Gasteiger partial charge in [0.25, 0.3) is 0 Å². The first-order valence-electron chi connectivity index (χ1n) is 8.83. The second-order valence-corrected chi connectivity index (χ2v) is 7.54. The maximum Gasteiger partial charge on any atom is 0.191 e. The highest BCUT2D eigenvalue weighted by Crippen LogP contribution is 2.12. The zero-order valence-electron chi connectivity index (χ0n) is 15.1. The van der Waals surface area contributed by atoms with E-state index in [1.807, 2.05) is 18.3 Å². The SMILES string of the molecule is Cc1cnc(CCNC(=NCC2CCOC2)NCCc2ccco2)s1.I. The summed E-state index contributed by atoms with van der Waals surface area (Å²) in [5, 5.41) is 7.97. The van der Waals surface area contributed by atoms with Crippen molar-refractivity contribution in [3.05, 3.63) is 40.2 Å². The third kappa shape index (κ3) is 7.24. The average Bonchev–Trinajstić information content (AvgIpc) is 3.35. The summed E-state index contributed by atoms with van der Waals surface area (Å²) in [7, 11) is 0. The normalized spacial score (nSPS) is 17.1. The van der Waals surface area contributed by atoms with E-state index in [0.29, 0.717) is 5.92 Å². The van der Waals surface area contributed by atoms with Gasteiger partial charge in [-0.1, -0.05) is 0 Å². The van der Waals surface area contributed by atoms with Gasteiger partial charge in [-0.15, -0.1) is 35.3 Å². The molecule has 8 heteroatoms. The molecule has 0 bridgehead atoms. The van der Waals surface area contributed by atoms with Crippen molar-refractivity contribution in [1.82, 2.24) is 15.6 Å². The Morgan fingerprint density at radius 1 is 1.35 bits per heavy atom. The molecular weight excluding hydrogens is 463 g/mol. The van der Waals surface area contributed by atoms with Gasteiger partial charge in [0.2, 0.25) is 0 Å². The van der Waals surface area contributed by atoms with Crippen LogP contribution in [0.25, 0.3) is 0 Å². The summed E-state index contributed by atoms with van der Waals surface area (Å²) in [5.74, 6) is 2.37. The monoisotopic (exact) mass is 490 g/mol. The van der Waals surface area contributed by atoms with E-state index < -0.39 is 0 Å². The Hall–Kier alpha value is -1.13. The standard InChI is InChI=1S/C18H26N4O2S.HI/c1-14-11-21-17(25-14)5-8-20-18(22-12-15-6-10-23-13-15)19-7-4-16-3-2-9-24-16;/h2-3,9,11,15H,4-8,10,12-13H2,1H3,(H2,19,20,22);1H. The molecule has 0 radical (unpaired) electrons. The van der Waals surface area contributed by atoms with E-state index in [4.69, 9.17) is 14.1 Å². The highest BCUT2D eigenvalue weighted by molar-refractivity contribution is 14.0. The van der Waals surface area contributed by atoms with Crippen LogP contribution in [0.15, 0.2) is 34.0 Å². The van der Waals surface area contributed by atoms with Crippen molar-refractivity contribution in [2.75, 3.05) is 32.8 Å². The number of rotatable bonds is 8. The van der Waals surface area contributed by atoms with Crippen LogP contribution >= 0.6 is 35.3 Å². The third-order valence-corrected chi connectivity index (χ3v) is 5.05. The first kappa shape index (κ1) is 21.2. The molecule has 3 heterocycles. The van der Waals surface area contributed by atoms with E-state index in [1.165, 1.54) is 4.88 Å². The number of furan rings is 1. The number of ether oxygens (including phenoxy) is 1. The van der Waals surface area contributed by atoms with E-state index in [2.05, 4.69) is 22.5 Å². The van der Waals surface area contributed by atoms with Crippen LogP contribution in [-0.2, 0) is 17.6 Å². The lowest BCUT2D eigenvalue weighted by Crippen LogP contribution is -2.39. The van der Waals surface area contributed by atoms with Gasteiger partial charge in [0.1, 0.15) is 5.76 Å². The number of nitrogens with zero attached hydrogens (tertiary/aromatic N) is 2. The quantitative estimate of drug-likeness (QED) is 0.338. The summed E-state index contributed by atoms with van der Waals surface area (Å²) in [6.07, 6.45) is 6.48. The lowest BCUT2D eigenvalue weighted by molar-refractivity contribution is 0.187. The van der Waals surface area contributed by atoms with E-state index in [-0.39, 0.29) is 24.0 Å². The number of halogens is 1. The zero-order valence-corrected chi connectivity index (χ0v) is 18.2. The molecule has 1 aliphatic rings. The molecule has 0 spiro atoms. The maximum atomic E-state index is 5.43. The minimum atomic E-state index is 0. The van der Waals surface area contributed by atoms with Crippen LogP contribution in [-0.4, -0.2) is 43.8 Å². The Labute approximate surface area is 175 Å². The van der Waals surface area contributed by atoms with Crippen LogP contribution in [0.3, 0.4) is 0 Å². The Balaban J connectivity index is 0.00000243. The van der Waals surface area contributed by atoms with Gasteiger partial charge in [-0.2, -0.15) is 0 Å². The fraction of sp³-hybridized carbons (Fsp3) is 0.556. The molecule has 0 amide bonds. The summed E-state index contributed by atoms with van der Waals surface area (Å²) in [4.78, 5) is 10.4. The molecule has 2 N–H and O–H groups in total. The van der Waals surface area contributed by atoms with Crippen molar-refractivity contribution >= 4 is 41.3 Å². The van der Waals surface area contributed by atoms with Gasteiger partial charge >= 0.3 is 0 Å². The predicted molar refractivity (Wildman–Crippen MR) is 116 cm³/mol. The lowest BCUT2D eigenvalue weighted by Gasteiger charge is -2.13. The fourth-order valence-corrected chi connectivity index (χ4v) is 3.47. The average molecular weight is 490 g/mol. The van der Waals surface area contributed by atoms with Crippen molar-refractivity contribution in [1.29, 1.82) is 0 Å². The molecule has 0 aliphatic carbocycles. The van der Waals surface area contributed by atoms with Crippen molar-refractivity contribution in [2.24, 2.45) is 10.9 Å². The largest absolute Gasteiger partial charge is 0.469 e. The van der Waals surface area contributed by atoms with Crippen molar-refractivity contribution in [2.45, 2.75) is 26.2 Å². The molecule has 1 aliphatic heterocycles. The zero-order chi connectivity index (χ0) is 17.3. The van der Waals surface area contributed by atoms with Crippen molar-refractivity contribution in [3.8, 4) is 0 Å². The van der Waals surface area contributed by atoms with E-state index in [1.54, 1.807) is 17.6 Å². The van der Waals surface area contributed by atoms with Gasteiger partial charge in [-0.3, -0.25) is 4.99 Å². The number of aliphatic imine (C=N–C) groups is 1. The van der Waals surface area contributed by atoms with Gasteiger partial charge in [0, 0.05) is 56.1 Å². The molecule has 2 aromatic heterocycles. The Bertz CT molecular complexity index is 654. The third-order valence-electron chi connectivity index (χ3n) is 4.08. The highest BCUT2D eigenvalue weighted by Gasteiger charge is 2.15. The van der Waals surface area contributed by atoms with Crippen LogP contribution < -0.4 is 10.6 Å². The van der Waals surface area contributed by atoms with Gasteiger partial charge in [0.15, 0.2) is 5.96 Å². The molecule has 1 unspecified atom stereocenters. The number of aryl methyl sites for hydroxylation is 1. The summed E-state index contributed by atoms with van der Waals surface area (Å²) in [5.41, 5.74) is 0. The van der Waals surface area contributed by atoms with Gasteiger partial charge in [-0.25, -0.2) is 4.98 Å². The highest BCUT2D eigenvalue weighted by atomic mass is 127. The molecule has 6 nitrogen and oxygen atoms in total. The molecule has 1 saturated heterocycles. The van der Waals surface area contributed by atoms with Gasteiger partial charge in [0.05, 0.1) is 17.9 Å². The number of thiazole rings is 1. The minimum absolute atomic E-state index is 0. The first-order chi connectivity index (χ1) is 12.3. The fourth-order valence-electron chi connectivity index (χ4n) is 2.69. The smallest absolute Gasteiger partial charge is 0.191 e. The van der Waals surface area contributed by atoms with Crippen molar-refractivity contribution < 1.29 is 9.15 Å². The minimum Gasteiger partial charge on any atom is -0.469 e. The molecule has 0 aromatic carbocycles. The first-order valence-corrected chi connectivity index (χ1v) is 9.65. The molecule has 1 fully saturated rings. The second kappa shape index (κ2) is 11.6. The van der Waals surface area contributed by atoms with E-state index in [9.17, 15) is 0 Å². The van der Waals surface area contributed by atoms with Crippen LogP contribution in [0.1, 0.15) is 22.1 Å². The van der Waals surface area contributed by atoms with Crippen LogP contribution in [0, 0.1) is 12.8 Å². The van der Waals surface area contributed by atoms with Crippen molar-refractivity contribution in [3.63, 3.8) is 0 Å². The molecule has 0 saturated carbocycles. The number of aromatic nitrogens is 1. The molecule has 2 aromatic rings. The Kier molecular flexibility index (Phi) is 9.41. The van der Waals surface area contributed by atoms with Crippen LogP contribution in [0.5, 0.6) is 0 Å². The lowest BCUT2D eigenvalue weighted by atomic mass is 10.1. The Morgan fingerprint density at radius 2 is 2.19 bits per heavy atom. The van der Waals surface area contributed by atoms with Crippen LogP contribution in [0.2, 0.25) is 0 Å². The molecule has 144 valence electrons. The number of nitrogens with one attached hydrogen (secondary N) is 2. The maximum absolute atomic E-state index is 5.43. The Morgan fingerprint density at radius 3 is 2.85 bits per heavy atom. The van der Waals surface area contributed by atoms with E-state index >= 15 is 0 Å². The summed E-state index contributed by atoms with van der Waals surface area (Å²) in [6, 6.07) is 3.91. The van der Waals surface area contributed by atoms with Crippen LogP contribution in [0.4, 0.5) is 0 Å². The molecular formula is C18H27IN4O2S. The predicted octanol–water partition coefficient (Wildman–Crippen LogP) is 3.02. The van der Waals surface area contributed by atoms with Gasteiger partial charge < -0.3 is 19.8 Å². The van der Waals surface area contributed by atoms with Gasteiger partial charge in [-0.05, 0) is 25.5 Å². The number of hydrogen-bond donors (Lipinski definition) is 2. The summed E-state index contributed by atoms with van der Waals surface area (Å²) < 4.78 is 10.8. The number of hydrogen-bond acceptors (Lipinski definition) is 5. The second-order valence-electron chi connectivity index (χ2n) is 6.22. The number of guanidine groups is 1.